The molecule has 37 heavy (non-hydrogen) atoms. The van der Waals surface area contributed by atoms with E-state index < -0.39 is 52.1 Å². The van der Waals surface area contributed by atoms with Gasteiger partial charge in [0.1, 0.15) is 23.3 Å². The number of nitrogens with one attached hydrogen (secondary N) is 1. The molecule has 1 aliphatic heterocycles. The highest BCUT2D eigenvalue weighted by Crippen LogP contribution is 2.45. The predicted molar refractivity (Wildman–Crippen MR) is 129 cm³/mol. The number of benzene rings is 1. The van der Waals surface area contributed by atoms with Gasteiger partial charge in [-0.2, -0.15) is 0 Å². The van der Waals surface area contributed by atoms with Crippen molar-refractivity contribution in [3.8, 4) is 0 Å². The molecule has 12 heteroatoms. The van der Waals surface area contributed by atoms with Crippen molar-refractivity contribution < 1.29 is 38.3 Å². The lowest BCUT2D eigenvalue weighted by atomic mass is 10.1. The molecule has 1 aromatic rings. The van der Waals surface area contributed by atoms with Crippen LogP contribution in [0.3, 0.4) is 0 Å². The van der Waals surface area contributed by atoms with E-state index >= 15 is 0 Å². The normalized spacial score (nSPS) is 24.5. The van der Waals surface area contributed by atoms with Gasteiger partial charge in [0.2, 0.25) is 5.91 Å². The second-order valence-corrected chi connectivity index (χ2v) is 9.94. The Morgan fingerprint density at radius 2 is 1.89 bits per heavy atom. The summed E-state index contributed by atoms with van der Waals surface area (Å²) in [4.78, 5) is 62.9. The Labute approximate surface area is 214 Å². The van der Waals surface area contributed by atoms with Crippen LogP contribution in [0.25, 0.3) is 0 Å². The van der Waals surface area contributed by atoms with Gasteiger partial charge >= 0.3 is 18.0 Å². The van der Waals surface area contributed by atoms with Gasteiger partial charge in [-0.05, 0) is 46.2 Å². The Hall–Kier alpha value is -3.96. The standard InChI is InChI=1S/C25H31N3O9/c1-6-16-13-25(16,22(31)35-7-2)26-20(29)19-12-18(14-27(19)23(32)37-24(3,4)5)36-21(30)15-8-10-17(11-9-15)28(33)34/h6,8-11,16,18-19H,1,7,12-14H2,2-5H3,(H,26,29)/t16-,18+,19+,25-/m1/s1. The zero-order valence-electron chi connectivity index (χ0n) is 21.2. The first-order valence-electron chi connectivity index (χ1n) is 11.9. The molecule has 1 heterocycles. The highest BCUT2D eigenvalue weighted by atomic mass is 16.6. The zero-order valence-corrected chi connectivity index (χ0v) is 21.2. The highest BCUT2D eigenvalue weighted by molar-refractivity contribution is 5.95. The van der Waals surface area contributed by atoms with Gasteiger partial charge in [0.15, 0.2) is 0 Å². The van der Waals surface area contributed by atoms with Crippen LogP contribution in [-0.4, -0.2) is 70.2 Å². The van der Waals surface area contributed by atoms with Crippen molar-refractivity contribution in [2.45, 2.75) is 63.8 Å². The van der Waals surface area contributed by atoms with Crippen molar-refractivity contribution in [3.05, 3.63) is 52.6 Å². The van der Waals surface area contributed by atoms with E-state index in [9.17, 15) is 29.3 Å². The number of hydrogen-bond donors (Lipinski definition) is 1. The molecule has 2 aliphatic rings. The Morgan fingerprint density at radius 1 is 1.24 bits per heavy atom. The molecule has 1 N–H and O–H groups in total. The number of amides is 2. The summed E-state index contributed by atoms with van der Waals surface area (Å²) in [6, 6.07) is 3.79. The van der Waals surface area contributed by atoms with Crippen LogP contribution < -0.4 is 5.32 Å². The maximum atomic E-state index is 13.3. The number of nitrogens with zero attached hydrogens (tertiary/aromatic N) is 2. The topological polar surface area (TPSA) is 154 Å². The van der Waals surface area contributed by atoms with Crippen molar-refractivity contribution in [3.63, 3.8) is 0 Å². The summed E-state index contributed by atoms with van der Waals surface area (Å²) in [5.41, 5.74) is -2.21. The molecule has 0 radical (unpaired) electrons. The Balaban J connectivity index is 1.77. The summed E-state index contributed by atoms with van der Waals surface area (Å²) >= 11 is 0. The Kier molecular flexibility index (Phi) is 7.89. The molecule has 3 rings (SSSR count). The maximum absolute atomic E-state index is 13.3. The van der Waals surface area contributed by atoms with Crippen molar-refractivity contribution in [2.75, 3.05) is 13.2 Å². The third-order valence-electron chi connectivity index (χ3n) is 6.07. The maximum Gasteiger partial charge on any atom is 0.411 e. The summed E-state index contributed by atoms with van der Waals surface area (Å²) in [7, 11) is 0. The summed E-state index contributed by atoms with van der Waals surface area (Å²) in [6.07, 6.45) is 0.202. The second kappa shape index (κ2) is 10.6. The van der Waals surface area contributed by atoms with Crippen LogP contribution in [0.5, 0.6) is 0 Å². The van der Waals surface area contributed by atoms with Gasteiger partial charge in [0.25, 0.3) is 5.69 Å². The van der Waals surface area contributed by atoms with Gasteiger partial charge in [0.05, 0.1) is 23.6 Å². The van der Waals surface area contributed by atoms with Crippen LogP contribution in [0.15, 0.2) is 36.9 Å². The molecule has 4 atom stereocenters. The van der Waals surface area contributed by atoms with Crippen LogP contribution in [0, 0.1) is 16.0 Å². The first-order valence-corrected chi connectivity index (χ1v) is 11.9. The Morgan fingerprint density at radius 3 is 2.41 bits per heavy atom. The second-order valence-electron chi connectivity index (χ2n) is 9.94. The number of non-ortho nitro benzene ring substituents is 1. The number of nitro groups is 1. The number of hydrogen-bond acceptors (Lipinski definition) is 9. The van der Waals surface area contributed by atoms with E-state index in [1.807, 2.05) is 0 Å². The van der Waals surface area contributed by atoms with Gasteiger partial charge in [0, 0.05) is 24.5 Å². The average Bonchev–Trinajstić information content (AvgIpc) is 3.37. The van der Waals surface area contributed by atoms with Gasteiger partial charge < -0.3 is 19.5 Å². The van der Waals surface area contributed by atoms with Crippen LogP contribution in [0.2, 0.25) is 0 Å². The number of carbonyl (C=O) groups is 4. The van der Waals surface area contributed by atoms with Crippen molar-refractivity contribution in [1.82, 2.24) is 10.2 Å². The fourth-order valence-corrected chi connectivity index (χ4v) is 4.16. The number of carbonyl (C=O) groups excluding carboxylic acids is 4. The van der Waals surface area contributed by atoms with Crippen LogP contribution in [-0.2, 0) is 23.8 Å². The zero-order chi connectivity index (χ0) is 27.5. The molecule has 0 unspecified atom stereocenters. The summed E-state index contributed by atoms with van der Waals surface area (Å²) < 4.78 is 16.1. The number of nitro benzene ring substituents is 1. The monoisotopic (exact) mass is 517 g/mol. The lowest BCUT2D eigenvalue weighted by Gasteiger charge is -2.28. The van der Waals surface area contributed by atoms with E-state index in [0.29, 0.717) is 6.42 Å². The molecule has 0 spiro atoms. The molecule has 12 nitrogen and oxygen atoms in total. The fourth-order valence-electron chi connectivity index (χ4n) is 4.16. The third kappa shape index (κ3) is 6.25. The first kappa shape index (κ1) is 27.6. The van der Waals surface area contributed by atoms with Crippen molar-refractivity contribution in [2.24, 2.45) is 5.92 Å². The lowest BCUT2D eigenvalue weighted by Crippen LogP contribution is -2.53. The number of ether oxygens (including phenoxy) is 3. The largest absolute Gasteiger partial charge is 0.464 e. The lowest BCUT2D eigenvalue weighted by molar-refractivity contribution is -0.384. The SMILES string of the molecule is C=C[C@@H]1C[C@]1(NC(=O)[C@@H]1C[C@H](OC(=O)c2ccc([N+](=O)[O-])cc2)CN1C(=O)OC(C)(C)C)C(=O)OCC. The van der Waals surface area contributed by atoms with E-state index in [4.69, 9.17) is 14.2 Å². The predicted octanol–water partition coefficient (Wildman–Crippen LogP) is 2.75. The van der Waals surface area contributed by atoms with Gasteiger partial charge in [-0.15, -0.1) is 6.58 Å². The summed E-state index contributed by atoms with van der Waals surface area (Å²) in [5, 5.41) is 13.6. The van der Waals surface area contributed by atoms with Crippen molar-refractivity contribution >= 4 is 29.6 Å². The summed E-state index contributed by atoms with van der Waals surface area (Å²) in [6.45, 7) is 10.4. The van der Waals surface area contributed by atoms with Gasteiger partial charge in [-0.25, -0.2) is 14.4 Å². The van der Waals surface area contributed by atoms with E-state index in [1.165, 1.54) is 29.2 Å². The molecule has 0 bridgehead atoms. The van der Waals surface area contributed by atoms with E-state index in [2.05, 4.69) is 11.9 Å². The molecule has 2 amide bonds. The Bertz CT molecular complexity index is 1100. The van der Waals surface area contributed by atoms with Crippen LogP contribution >= 0.6 is 0 Å². The van der Waals surface area contributed by atoms with E-state index in [-0.39, 0.29) is 36.7 Å². The number of rotatable bonds is 8. The minimum atomic E-state index is -1.26. The smallest absolute Gasteiger partial charge is 0.411 e. The quantitative estimate of drug-likeness (QED) is 0.180. The minimum absolute atomic E-state index is 0.0402. The molecule has 2 fully saturated rings. The molecule has 1 aliphatic carbocycles. The van der Waals surface area contributed by atoms with E-state index in [0.717, 1.165) is 0 Å². The number of likely N-dealkylation sites (tertiary alicyclic amines) is 1. The van der Waals surface area contributed by atoms with Crippen LogP contribution in [0.1, 0.15) is 50.9 Å². The van der Waals surface area contributed by atoms with Crippen molar-refractivity contribution in [1.29, 1.82) is 0 Å². The third-order valence-corrected chi connectivity index (χ3v) is 6.07. The fraction of sp³-hybridized carbons (Fsp3) is 0.520. The molecule has 1 saturated carbocycles. The average molecular weight is 518 g/mol. The molecular formula is C25H31N3O9. The molecular weight excluding hydrogens is 486 g/mol. The van der Waals surface area contributed by atoms with Gasteiger partial charge in [-0.3, -0.25) is 19.8 Å². The minimum Gasteiger partial charge on any atom is -0.464 e. The first-order chi connectivity index (χ1) is 17.3. The molecule has 200 valence electrons. The van der Waals surface area contributed by atoms with Gasteiger partial charge in [-0.1, -0.05) is 6.08 Å². The molecule has 1 aromatic carbocycles. The molecule has 0 aromatic heterocycles. The summed E-state index contributed by atoms with van der Waals surface area (Å²) in [5.74, 6) is -2.28. The molecule has 1 saturated heterocycles. The number of esters is 2. The highest BCUT2D eigenvalue weighted by Gasteiger charge is 2.62. The van der Waals surface area contributed by atoms with Crippen LogP contribution in [0.4, 0.5) is 10.5 Å². The van der Waals surface area contributed by atoms with E-state index in [1.54, 1.807) is 33.8 Å².